The average molecular weight is 682 g/mol. The molecule has 1 aliphatic rings. The fraction of sp³-hybridized carbons (Fsp3) is 0.676. The van der Waals surface area contributed by atoms with Gasteiger partial charge in [0.05, 0.1) is 22.8 Å². The van der Waals surface area contributed by atoms with Gasteiger partial charge in [-0.05, 0) is 110 Å². The van der Waals surface area contributed by atoms with Gasteiger partial charge in [-0.25, -0.2) is 9.78 Å². The highest BCUT2D eigenvalue weighted by Gasteiger charge is 2.42. The summed E-state index contributed by atoms with van der Waals surface area (Å²) in [5.74, 6) is 1.66. The number of piperidine rings is 1. The monoisotopic (exact) mass is 681 g/mol. The maximum atomic E-state index is 14.2. The Labute approximate surface area is 288 Å². The number of aryl methyl sites for hydroxylation is 2. The van der Waals surface area contributed by atoms with Crippen LogP contribution in [0.25, 0.3) is 22.2 Å². The summed E-state index contributed by atoms with van der Waals surface area (Å²) in [5, 5.41) is 4.23. The molecule has 10 nitrogen and oxygen atoms in total. The number of nitrogens with zero attached hydrogens (tertiary/aromatic N) is 5. The average Bonchev–Trinajstić information content (AvgIpc) is 3.48. The number of carbonyl (C=O) groups excluding carboxylic acids is 2. The van der Waals surface area contributed by atoms with Gasteiger partial charge in [-0.3, -0.25) is 9.69 Å². The standard InChI is InChI=1S/C37H59N5O5Si/c1-24-32(25(2)47-39-24)27-15-16-30-29(23-27)38-33(41(30)28-17-20-40(21-18-28)26(3)43)31(19-22-45-48(13,14)37(10,11)12)42(35(4,5)6)34(44)46-36(7,8)9/h15-16,23,28,31H,17-22H2,1-14H3/t31-/m0/s1. The summed E-state index contributed by atoms with van der Waals surface area (Å²) >= 11 is 0. The molecule has 0 spiro atoms. The van der Waals surface area contributed by atoms with E-state index in [4.69, 9.17) is 18.7 Å². The molecule has 0 aliphatic carbocycles. The summed E-state index contributed by atoms with van der Waals surface area (Å²) in [6.45, 7) is 30.4. The Hall–Kier alpha value is -3.18. The molecule has 0 N–H and O–H groups in total. The van der Waals surface area contributed by atoms with E-state index < -0.39 is 25.5 Å². The van der Waals surface area contributed by atoms with Crippen molar-refractivity contribution in [3.05, 3.63) is 35.5 Å². The molecule has 1 fully saturated rings. The minimum Gasteiger partial charge on any atom is -0.444 e. The maximum absolute atomic E-state index is 14.2. The van der Waals surface area contributed by atoms with Crippen molar-refractivity contribution < 1.29 is 23.3 Å². The maximum Gasteiger partial charge on any atom is 0.411 e. The van der Waals surface area contributed by atoms with Crippen molar-refractivity contribution in [2.45, 2.75) is 144 Å². The van der Waals surface area contributed by atoms with Gasteiger partial charge in [-0.15, -0.1) is 0 Å². The van der Waals surface area contributed by atoms with Crippen LogP contribution in [0.4, 0.5) is 4.79 Å². The number of imidazole rings is 1. The summed E-state index contributed by atoms with van der Waals surface area (Å²) in [4.78, 5) is 35.7. The number of hydrogen-bond donors (Lipinski definition) is 0. The van der Waals surface area contributed by atoms with Crippen molar-refractivity contribution in [3.63, 3.8) is 0 Å². The van der Waals surface area contributed by atoms with Gasteiger partial charge in [0.2, 0.25) is 5.91 Å². The minimum absolute atomic E-state index is 0.0454. The van der Waals surface area contributed by atoms with E-state index in [-0.39, 0.29) is 23.1 Å². The molecule has 11 heteroatoms. The Morgan fingerprint density at radius 2 is 1.67 bits per heavy atom. The first-order valence-corrected chi connectivity index (χ1v) is 20.3. The highest BCUT2D eigenvalue weighted by molar-refractivity contribution is 6.74. The van der Waals surface area contributed by atoms with Crippen molar-refractivity contribution in [2.24, 2.45) is 0 Å². The summed E-state index contributed by atoms with van der Waals surface area (Å²) in [6.07, 6.45) is 1.75. The van der Waals surface area contributed by atoms with Crippen LogP contribution in [0.15, 0.2) is 22.7 Å². The van der Waals surface area contributed by atoms with Crippen molar-refractivity contribution in [1.29, 1.82) is 0 Å². The first kappa shape index (κ1) is 37.6. The second kappa shape index (κ2) is 13.6. The van der Waals surface area contributed by atoms with Crippen LogP contribution in [0.5, 0.6) is 0 Å². The predicted octanol–water partition coefficient (Wildman–Crippen LogP) is 8.98. The lowest BCUT2D eigenvalue weighted by molar-refractivity contribution is -0.130. The molecule has 1 aromatic carbocycles. The van der Waals surface area contributed by atoms with Gasteiger partial charge in [0.25, 0.3) is 0 Å². The molecular weight excluding hydrogens is 623 g/mol. The molecule has 48 heavy (non-hydrogen) atoms. The molecule has 1 aliphatic heterocycles. The van der Waals surface area contributed by atoms with E-state index in [0.29, 0.717) is 26.1 Å². The number of carbonyl (C=O) groups is 2. The lowest BCUT2D eigenvalue weighted by Gasteiger charge is -2.43. The van der Waals surface area contributed by atoms with Gasteiger partial charge < -0.3 is 23.2 Å². The third kappa shape index (κ3) is 8.16. The Kier molecular flexibility index (Phi) is 10.7. The van der Waals surface area contributed by atoms with Gasteiger partial charge in [-0.1, -0.05) is 32.0 Å². The lowest BCUT2D eigenvalue weighted by Crippen LogP contribution is -2.51. The van der Waals surface area contributed by atoms with E-state index in [1.54, 1.807) is 6.92 Å². The van der Waals surface area contributed by atoms with Crippen molar-refractivity contribution in [3.8, 4) is 11.1 Å². The number of aromatic nitrogens is 3. The molecule has 266 valence electrons. The molecule has 0 radical (unpaired) electrons. The third-order valence-corrected chi connectivity index (χ3v) is 14.4. The van der Waals surface area contributed by atoms with Crippen LogP contribution in [0, 0.1) is 13.8 Å². The SMILES string of the molecule is CC(=O)N1CCC(n2c([C@H](CCO[Si](C)(C)C(C)(C)C)N(C(=O)OC(C)(C)C)C(C)(C)C)nc3cc(-c4c(C)noc4C)ccc32)CC1. The van der Waals surface area contributed by atoms with E-state index in [2.05, 4.69) is 61.8 Å². The van der Waals surface area contributed by atoms with E-state index in [9.17, 15) is 9.59 Å². The second-order valence-corrected chi connectivity index (χ2v) is 21.7. The van der Waals surface area contributed by atoms with E-state index in [1.807, 2.05) is 65.2 Å². The van der Waals surface area contributed by atoms with E-state index in [1.165, 1.54) is 0 Å². The number of fused-ring (bicyclic) bond motifs is 1. The van der Waals surface area contributed by atoms with Gasteiger partial charge in [-0.2, -0.15) is 0 Å². The molecule has 3 heterocycles. The normalized spacial score (nSPS) is 16.0. The number of hydrogen-bond acceptors (Lipinski definition) is 7. The molecule has 0 unspecified atom stereocenters. The van der Waals surface area contributed by atoms with Gasteiger partial charge >= 0.3 is 6.09 Å². The predicted molar refractivity (Wildman–Crippen MR) is 194 cm³/mol. The number of rotatable bonds is 8. The third-order valence-electron chi connectivity index (χ3n) is 9.90. The van der Waals surface area contributed by atoms with Gasteiger partial charge in [0.1, 0.15) is 17.2 Å². The van der Waals surface area contributed by atoms with E-state index in [0.717, 1.165) is 52.3 Å². The zero-order valence-electron chi connectivity index (χ0n) is 31.9. The van der Waals surface area contributed by atoms with Gasteiger partial charge in [0, 0.05) is 43.8 Å². The van der Waals surface area contributed by atoms with Crippen LogP contribution in [0.1, 0.15) is 118 Å². The number of benzene rings is 1. The van der Waals surface area contributed by atoms with Crippen molar-refractivity contribution in [1.82, 2.24) is 24.5 Å². The smallest absolute Gasteiger partial charge is 0.411 e. The zero-order valence-corrected chi connectivity index (χ0v) is 32.9. The Balaban J connectivity index is 1.92. The first-order valence-electron chi connectivity index (χ1n) is 17.4. The fourth-order valence-electron chi connectivity index (χ4n) is 6.42. The molecule has 1 saturated heterocycles. The van der Waals surface area contributed by atoms with Crippen molar-refractivity contribution in [2.75, 3.05) is 19.7 Å². The molecule has 0 bridgehead atoms. The summed E-state index contributed by atoms with van der Waals surface area (Å²) in [7, 11) is -2.08. The van der Waals surface area contributed by atoms with E-state index >= 15 is 0 Å². The zero-order chi connectivity index (χ0) is 36.0. The van der Waals surface area contributed by atoms with Crippen LogP contribution in [-0.4, -0.2) is 75.7 Å². The molecule has 2 aromatic heterocycles. The summed E-state index contributed by atoms with van der Waals surface area (Å²) in [5.41, 5.74) is 3.34. The quantitative estimate of drug-likeness (QED) is 0.219. The molecule has 3 aromatic rings. The fourth-order valence-corrected chi connectivity index (χ4v) is 7.48. The van der Waals surface area contributed by atoms with Gasteiger partial charge in [0.15, 0.2) is 8.32 Å². The topological polar surface area (TPSA) is 103 Å². The van der Waals surface area contributed by atoms with Crippen molar-refractivity contribution >= 4 is 31.4 Å². The first-order chi connectivity index (χ1) is 22.0. The minimum atomic E-state index is -2.08. The summed E-state index contributed by atoms with van der Waals surface area (Å²) in [6, 6.07) is 5.99. The molecule has 0 saturated carbocycles. The highest BCUT2D eigenvalue weighted by Crippen LogP contribution is 2.41. The molecule has 2 amide bonds. The number of likely N-dealkylation sites (tertiary alicyclic amines) is 1. The van der Waals surface area contributed by atoms with Crippen LogP contribution in [0.3, 0.4) is 0 Å². The Morgan fingerprint density at radius 3 is 2.17 bits per heavy atom. The molecular formula is C37H59N5O5Si. The van der Waals surface area contributed by atoms with Crippen LogP contribution in [0.2, 0.25) is 18.1 Å². The number of amides is 2. The second-order valence-electron chi connectivity index (χ2n) is 16.9. The lowest BCUT2D eigenvalue weighted by atomic mass is 9.99. The Bertz CT molecular complexity index is 1590. The Morgan fingerprint density at radius 1 is 1.04 bits per heavy atom. The highest BCUT2D eigenvalue weighted by atomic mass is 28.4. The molecule has 4 rings (SSSR count). The van der Waals surface area contributed by atoms with Crippen LogP contribution in [-0.2, 0) is 14.0 Å². The molecule has 1 atom stereocenters. The van der Waals surface area contributed by atoms with Crippen LogP contribution >= 0.6 is 0 Å². The number of ether oxygens (including phenoxy) is 1. The largest absolute Gasteiger partial charge is 0.444 e. The summed E-state index contributed by atoms with van der Waals surface area (Å²) < 4.78 is 20.7. The van der Waals surface area contributed by atoms with Crippen LogP contribution < -0.4 is 0 Å².